The van der Waals surface area contributed by atoms with Gasteiger partial charge in [0.05, 0.1) is 19.2 Å². The van der Waals surface area contributed by atoms with Crippen LogP contribution < -0.4 is 26.0 Å². The van der Waals surface area contributed by atoms with E-state index in [4.69, 9.17) is 25.5 Å². The van der Waals surface area contributed by atoms with E-state index in [9.17, 15) is 4.79 Å². The Balaban J connectivity index is 1.66. The summed E-state index contributed by atoms with van der Waals surface area (Å²) < 4.78 is 17.1. The van der Waals surface area contributed by atoms with E-state index in [1.54, 1.807) is 36.5 Å². The molecule has 9 nitrogen and oxygen atoms in total. The van der Waals surface area contributed by atoms with Crippen LogP contribution in [0.2, 0.25) is 5.02 Å². The van der Waals surface area contributed by atoms with Crippen molar-refractivity contribution in [3.8, 4) is 11.5 Å². The van der Waals surface area contributed by atoms with Gasteiger partial charge in [-0.3, -0.25) is 5.43 Å². The van der Waals surface area contributed by atoms with Crippen molar-refractivity contribution < 1.29 is 13.9 Å². The van der Waals surface area contributed by atoms with E-state index >= 15 is 0 Å². The van der Waals surface area contributed by atoms with E-state index in [1.807, 2.05) is 13.0 Å². The Hall–Kier alpha value is -3.72. The summed E-state index contributed by atoms with van der Waals surface area (Å²) in [6.07, 6.45) is 1.63. The van der Waals surface area contributed by atoms with Crippen molar-refractivity contribution in [2.75, 3.05) is 25.0 Å². The Bertz CT molecular complexity index is 1280. The van der Waals surface area contributed by atoms with Gasteiger partial charge in [0, 0.05) is 23.5 Å². The Labute approximate surface area is 176 Å². The van der Waals surface area contributed by atoms with Crippen LogP contribution in [0.5, 0.6) is 11.5 Å². The molecule has 0 spiro atoms. The van der Waals surface area contributed by atoms with Crippen molar-refractivity contribution in [1.29, 1.82) is 0 Å². The number of fused-ring (bicyclic) bond motifs is 1. The molecule has 0 fully saturated rings. The maximum absolute atomic E-state index is 12.2. The van der Waals surface area contributed by atoms with Crippen molar-refractivity contribution in [1.82, 2.24) is 14.6 Å². The number of nitrogens with zero attached hydrogens (tertiary/aromatic N) is 3. The van der Waals surface area contributed by atoms with Crippen molar-refractivity contribution in [3.63, 3.8) is 0 Å². The summed E-state index contributed by atoms with van der Waals surface area (Å²) in [5.41, 5.74) is 5.41. The lowest BCUT2D eigenvalue weighted by molar-refractivity contribution is 0.355. The first kappa shape index (κ1) is 19.6. The van der Waals surface area contributed by atoms with Crippen molar-refractivity contribution in [3.05, 3.63) is 63.7 Å². The van der Waals surface area contributed by atoms with E-state index < -0.39 is 5.76 Å². The average molecular weight is 428 g/mol. The molecular weight excluding hydrogens is 410 g/mol. The molecule has 0 unspecified atom stereocenters. The summed E-state index contributed by atoms with van der Waals surface area (Å²) >= 11 is 6.26. The highest BCUT2D eigenvalue weighted by atomic mass is 35.5. The summed E-state index contributed by atoms with van der Waals surface area (Å²) in [6, 6.07) is 10.5. The Morgan fingerprint density at radius 1 is 1.17 bits per heavy atom. The number of hydrogen-bond donors (Lipinski definition) is 2. The first-order valence-corrected chi connectivity index (χ1v) is 9.27. The van der Waals surface area contributed by atoms with Gasteiger partial charge < -0.3 is 19.2 Å². The molecule has 0 bridgehead atoms. The molecule has 0 amide bonds. The largest absolute Gasteiger partial charge is 0.493 e. The number of aromatic nitrogens is 3. The third-order valence-electron chi connectivity index (χ3n) is 4.37. The highest BCUT2D eigenvalue weighted by Crippen LogP contribution is 2.38. The third kappa shape index (κ3) is 3.62. The normalized spacial score (nSPS) is 10.8. The summed E-state index contributed by atoms with van der Waals surface area (Å²) in [5, 5.41) is 3.45. The lowest BCUT2D eigenvalue weighted by Crippen LogP contribution is -2.23. The number of halogens is 1. The number of hydrogen-bond acceptors (Lipinski definition) is 8. The zero-order valence-electron chi connectivity index (χ0n) is 16.4. The summed E-state index contributed by atoms with van der Waals surface area (Å²) in [7, 11) is 3.04. The molecule has 2 aromatic heterocycles. The number of benzene rings is 2. The fraction of sp³-hybridized carbons (Fsp3) is 0.150. The number of ether oxygens (including phenoxy) is 2. The molecule has 2 N–H and O–H groups in total. The van der Waals surface area contributed by atoms with Gasteiger partial charge in [0.1, 0.15) is 5.52 Å². The maximum atomic E-state index is 12.2. The molecule has 154 valence electrons. The molecule has 0 aliphatic rings. The smallest absolute Gasteiger partial charge is 0.439 e. The number of nitrogens with one attached hydrogen (secondary N) is 2. The Kier molecular flexibility index (Phi) is 5.20. The Morgan fingerprint density at radius 2 is 1.97 bits per heavy atom. The lowest BCUT2D eigenvalue weighted by atomic mass is 10.2. The molecular formula is C20H18ClN5O4. The van der Waals surface area contributed by atoms with Crippen molar-refractivity contribution >= 4 is 40.2 Å². The molecule has 4 aromatic rings. The van der Waals surface area contributed by atoms with E-state index in [1.165, 1.54) is 18.9 Å². The molecule has 0 saturated heterocycles. The number of oxazole rings is 1. The maximum Gasteiger partial charge on any atom is 0.439 e. The summed E-state index contributed by atoms with van der Waals surface area (Å²) in [6.45, 7) is 1.83. The van der Waals surface area contributed by atoms with Crippen molar-refractivity contribution in [2.45, 2.75) is 6.92 Å². The zero-order valence-corrected chi connectivity index (χ0v) is 17.1. The van der Waals surface area contributed by atoms with Crippen LogP contribution in [0.15, 0.2) is 51.8 Å². The van der Waals surface area contributed by atoms with Gasteiger partial charge in [-0.05, 0) is 25.1 Å². The van der Waals surface area contributed by atoms with Gasteiger partial charge in [0.2, 0.25) is 5.95 Å². The molecule has 4 rings (SSSR count). The number of methoxy groups -OCH3 is 2. The molecule has 2 heterocycles. The van der Waals surface area contributed by atoms with Gasteiger partial charge in [-0.15, -0.1) is 0 Å². The molecule has 0 aliphatic carbocycles. The highest BCUT2D eigenvalue weighted by Gasteiger charge is 2.14. The summed E-state index contributed by atoms with van der Waals surface area (Å²) in [4.78, 5) is 21.0. The van der Waals surface area contributed by atoms with Gasteiger partial charge in [-0.1, -0.05) is 23.7 Å². The van der Waals surface area contributed by atoms with E-state index in [2.05, 4.69) is 20.7 Å². The fourth-order valence-corrected chi connectivity index (χ4v) is 3.20. The van der Waals surface area contributed by atoms with E-state index in [-0.39, 0.29) is 0 Å². The van der Waals surface area contributed by atoms with Crippen LogP contribution in [0.25, 0.3) is 11.1 Å². The molecule has 0 atom stereocenters. The molecule has 0 aliphatic heterocycles. The molecule has 0 saturated carbocycles. The van der Waals surface area contributed by atoms with Crippen LogP contribution in [0.4, 0.5) is 17.5 Å². The minimum atomic E-state index is -0.546. The second kappa shape index (κ2) is 7.96. The van der Waals surface area contributed by atoms with Gasteiger partial charge >= 0.3 is 5.76 Å². The second-order valence-electron chi connectivity index (χ2n) is 6.33. The fourth-order valence-electron chi connectivity index (χ4n) is 2.91. The topological polar surface area (TPSA) is 103 Å². The van der Waals surface area contributed by atoms with Gasteiger partial charge in [0.25, 0.3) is 0 Å². The molecule has 10 heteroatoms. The molecule has 0 radical (unpaired) electrons. The van der Waals surface area contributed by atoms with Crippen LogP contribution in [0, 0.1) is 6.92 Å². The van der Waals surface area contributed by atoms with Crippen LogP contribution in [0.1, 0.15) is 5.56 Å². The zero-order chi connectivity index (χ0) is 21.3. The van der Waals surface area contributed by atoms with Crippen LogP contribution in [-0.4, -0.2) is 28.9 Å². The van der Waals surface area contributed by atoms with E-state index in [0.29, 0.717) is 45.1 Å². The predicted molar refractivity (Wildman–Crippen MR) is 114 cm³/mol. The highest BCUT2D eigenvalue weighted by molar-refractivity contribution is 6.32. The first-order chi connectivity index (χ1) is 14.5. The molecule has 2 aromatic carbocycles. The Morgan fingerprint density at radius 3 is 2.73 bits per heavy atom. The molecule has 30 heavy (non-hydrogen) atoms. The SMILES string of the molecule is COc1cc(Nc2ncc(C)c(Nn3c(=O)oc4ccccc43)n2)cc(Cl)c1OC. The van der Waals surface area contributed by atoms with Crippen LogP contribution in [0.3, 0.4) is 0 Å². The first-order valence-electron chi connectivity index (χ1n) is 8.90. The lowest BCUT2D eigenvalue weighted by Gasteiger charge is -2.14. The van der Waals surface area contributed by atoms with Gasteiger partial charge in [0.15, 0.2) is 22.9 Å². The number of aryl methyl sites for hydroxylation is 1. The van der Waals surface area contributed by atoms with Gasteiger partial charge in [-0.2, -0.15) is 9.66 Å². The van der Waals surface area contributed by atoms with Crippen molar-refractivity contribution in [2.24, 2.45) is 0 Å². The number of rotatable bonds is 6. The standard InChI is InChI=1S/C20H18ClN5O4/c1-11-10-22-19(23-12-8-13(21)17(29-3)16(9-12)28-2)24-18(11)25-26-14-6-4-5-7-15(14)30-20(26)27/h4-10H,1-3H3,(H2,22,23,24,25). The van der Waals surface area contributed by atoms with Gasteiger partial charge in [-0.25, -0.2) is 9.78 Å². The van der Waals surface area contributed by atoms with Crippen LogP contribution in [-0.2, 0) is 0 Å². The monoisotopic (exact) mass is 427 g/mol. The number of para-hydroxylation sites is 2. The number of anilines is 3. The second-order valence-corrected chi connectivity index (χ2v) is 6.73. The minimum Gasteiger partial charge on any atom is -0.493 e. The third-order valence-corrected chi connectivity index (χ3v) is 4.65. The quantitative estimate of drug-likeness (QED) is 0.476. The van der Waals surface area contributed by atoms with Crippen LogP contribution >= 0.6 is 11.6 Å². The average Bonchev–Trinajstić information content (AvgIpc) is 3.05. The summed E-state index contributed by atoms with van der Waals surface area (Å²) in [5.74, 6) is 1.09. The van der Waals surface area contributed by atoms with E-state index in [0.717, 1.165) is 5.56 Å². The predicted octanol–water partition coefficient (Wildman–Crippen LogP) is 3.98. The minimum absolute atomic E-state index is 0.298.